The SMILES string of the molecule is C=CCNC(=O)c1cnc(Nc2ccc(N3CCN(CC)CC3)cc2)nc1Nc1ccc(=O)n(C(C)C)n1. The van der Waals surface area contributed by atoms with Crippen molar-refractivity contribution < 1.29 is 4.79 Å². The maximum Gasteiger partial charge on any atom is 0.267 e. The average Bonchev–Trinajstić information content (AvgIpc) is 2.93. The van der Waals surface area contributed by atoms with Gasteiger partial charge in [0.1, 0.15) is 11.4 Å². The molecule has 1 aromatic carbocycles. The molecule has 11 nitrogen and oxygen atoms in total. The summed E-state index contributed by atoms with van der Waals surface area (Å²) in [5, 5.41) is 13.4. The summed E-state index contributed by atoms with van der Waals surface area (Å²) in [5.41, 5.74) is 2.02. The number of likely N-dealkylation sites (N-methyl/N-ethyl adjacent to an activating group) is 1. The summed E-state index contributed by atoms with van der Waals surface area (Å²) in [4.78, 5) is 38.6. The molecule has 3 aromatic rings. The second-order valence-corrected chi connectivity index (χ2v) is 9.27. The van der Waals surface area contributed by atoms with Crippen LogP contribution in [0.3, 0.4) is 0 Å². The number of carbonyl (C=O) groups is 1. The van der Waals surface area contributed by atoms with Gasteiger partial charge in [0, 0.05) is 56.4 Å². The second kappa shape index (κ2) is 12.3. The molecule has 1 fully saturated rings. The van der Waals surface area contributed by atoms with E-state index in [0.29, 0.717) is 18.3 Å². The molecular weight excluding hydrogens is 482 g/mol. The molecule has 0 spiro atoms. The number of hydrogen-bond acceptors (Lipinski definition) is 9. The molecule has 200 valence electrons. The number of rotatable bonds is 10. The van der Waals surface area contributed by atoms with Crippen molar-refractivity contribution in [3.8, 4) is 0 Å². The summed E-state index contributed by atoms with van der Waals surface area (Å²) in [6.45, 7) is 15.1. The van der Waals surface area contributed by atoms with Gasteiger partial charge in [-0.2, -0.15) is 10.1 Å². The van der Waals surface area contributed by atoms with E-state index in [1.165, 1.54) is 22.6 Å². The van der Waals surface area contributed by atoms with Crippen LogP contribution in [0.2, 0.25) is 0 Å². The fraction of sp³-hybridized carbons (Fsp3) is 0.370. The molecule has 11 heteroatoms. The normalized spacial score (nSPS) is 13.8. The third kappa shape index (κ3) is 6.54. The van der Waals surface area contributed by atoms with E-state index in [1.807, 2.05) is 26.0 Å². The van der Waals surface area contributed by atoms with Crippen LogP contribution >= 0.6 is 0 Å². The smallest absolute Gasteiger partial charge is 0.267 e. The van der Waals surface area contributed by atoms with Gasteiger partial charge in [-0.3, -0.25) is 9.59 Å². The van der Waals surface area contributed by atoms with Crippen molar-refractivity contribution in [3.63, 3.8) is 0 Å². The zero-order valence-electron chi connectivity index (χ0n) is 22.1. The Morgan fingerprint density at radius 3 is 2.47 bits per heavy atom. The number of anilines is 5. The van der Waals surface area contributed by atoms with E-state index in [9.17, 15) is 9.59 Å². The van der Waals surface area contributed by atoms with E-state index in [0.717, 1.165) is 38.4 Å². The Hall–Kier alpha value is -4.25. The van der Waals surface area contributed by atoms with Gasteiger partial charge in [0.25, 0.3) is 11.5 Å². The van der Waals surface area contributed by atoms with Crippen molar-refractivity contribution in [2.24, 2.45) is 0 Å². The number of nitrogens with one attached hydrogen (secondary N) is 3. The van der Waals surface area contributed by atoms with Crippen molar-refractivity contribution in [1.82, 2.24) is 30.0 Å². The van der Waals surface area contributed by atoms with Gasteiger partial charge in [-0.05, 0) is 50.7 Å². The first-order valence-corrected chi connectivity index (χ1v) is 12.9. The Balaban J connectivity index is 1.55. The van der Waals surface area contributed by atoms with Gasteiger partial charge in [-0.25, -0.2) is 9.67 Å². The minimum atomic E-state index is -0.358. The molecule has 1 saturated heterocycles. The molecule has 0 radical (unpaired) electrons. The molecule has 3 N–H and O–H groups in total. The van der Waals surface area contributed by atoms with Crippen molar-refractivity contribution in [2.75, 3.05) is 54.8 Å². The highest BCUT2D eigenvalue weighted by Crippen LogP contribution is 2.23. The lowest BCUT2D eigenvalue weighted by Crippen LogP contribution is -2.46. The van der Waals surface area contributed by atoms with Crippen molar-refractivity contribution >= 4 is 34.9 Å². The van der Waals surface area contributed by atoms with E-state index in [-0.39, 0.29) is 28.9 Å². The first kappa shape index (κ1) is 26.8. The number of benzene rings is 1. The van der Waals surface area contributed by atoms with Gasteiger partial charge in [-0.15, -0.1) is 6.58 Å². The highest BCUT2D eigenvalue weighted by atomic mass is 16.1. The predicted octanol–water partition coefficient (Wildman–Crippen LogP) is 3.16. The number of amides is 1. The number of carbonyl (C=O) groups excluding carboxylic acids is 1. The first-order chi connectivity index (χ1) is 18.4. The van der Waals surface area contributed by atoms with Crippen LogP contribution in [-0.2, 0) is 0 Å². The lowest BCUT2D eigenvalue weighted by atomic mass is 10.2. The van der Waals surface area contributed by atoms with Gasteiger partial charge in [0.05, 0.1) is 6.04 Å². The molecule has 1 aliphatic rings. The molecule has 3 heterocycles. The maximum absolute atomic E-state index is 12.8. The summed E-state index contributed by atoms with van der Waals surface area (Å²) in [6, 6.07) is 11.0. The van der Waals surface area contributed by atoms with Crippen molar-refractivity contribution in [3.05, 3.63) is 71.2 Å². The van der Waals surface area contributed by atoms with Crippen LogP contribution in [0.15, 0.2) is 60.0 Å². The molecule has 4 rings (SSSR count). The van der Waals surface area contributed by atoms with E-state index < -0.39 is 0 Å². The summed E-state index contributed by atoms with van der Waals surface area (Å²) >= 11 is 0. The third-order valence-corrected chi connectivity index (χ3v) is 6.31. The Morgan fingerprint density at radius 2 is 1.82 bits per heavy atom. The zero-order valence-corrected chi connectivity index (χ0v) is 22.1. The molecule has 38 heavy (non-hydrogen) atoms. The Labute approximate surface area is 222 Å². The highest BCUT2D eigenvalue weighted by molar-refractivity contribution is 5.99. The van der Waals surface area contributed by atoms with Crippen molar-refractivity contribution in [2.45, 2.75) is 26.8 Å². The lowest BCUT2D eigenvalue weighted by Gasteiger charge is -2.35. The minimum absolute atomic E-state index is 0.124. The summed E-state index contributed by atoms with van der Waals surface area (Å²) in [6.07, 6.45) is 3.05. The fourth-order valence-corrected chi connectivity index (χ4v) is 4.15. The van der Waals surface area contributed by atoms with Gasteiger partial charge in [-0.1, -0.05) is 13.0 Å². The topological polar surface area (TPSA) is 120 Å². The van der Waals surface area contributed by atoms with E-state index in [1.54, 1.807) is 12.1 Å². The molecule has 0 atom stereocenters. The number of piperazine rings is 1. The first-order valence-electron chi connectivity index (χ1n) is 12.9. The Morgan fingerprint density at radius 1 is 1.08 bits per heavy atom. The summed E-state index contributed by atoms with van der Waals surface area (Å²) < 4.78 is 1.36. The standard InChI is InChI=1S/C27H35N9O2/c1-5-13-28-26(38)22-18-29-27(32-25(22)31-23-11-12-24(37)36(33-23)19(3)4)30-20-7-9-21(10-8-20)35-16-14-34(6-2)15-17-35/h5,7-12,18-19H,1,6,13-17H2,2-4H3,(H,28,38)(H2,29,30,31,32,33). The van der Waals surface area contributed by atoms with Crippen LogP contribution in [0.1, 0.15) is 37.2 Å². The van der Waals surface area contributed by atoms with Crippen LogP contribution in [0.4, 0.5) is 29.0 Å². The highest BCUT2D eigenvalue weighted by Gasteiger charge is 2.18. The number of hydrogen-bond donors (Lipinski definition) is 3. The third-order valence-electron chi connectivity index (χ3n) is 6.31. The Kier molecular flexibility index (Phi) is 8.70. The summed E-state index contributed by atoms with van der Waals surface area (Å²) in [7, 11) is 0. The molecule has 1 aliphatic heterocycles. The van der Waals surface area contributed by atoms with Crippen LogP contribution in [0.5, 0.6) is 0 Å². The molecule has 1 amide bonds. The Bertz CT molecular complexity index is 1310. The molecule has 2 aromatic heterocycles. The monoisotopic (exact) mass is 517 g/mol. The number of aromatic nitrogens is 4. The van der Waals surface area contributed by atoms with Gasteiger partial charge in [0.2, 0.25) is 5.95 Å². The largest absolute Gasteiger partial charge is 0.369 e. The molecule has 0 unspecified atom stereocenters. The quantitative estimate of drug-likeness (QED) is 0.348. The van der Waals surface area contributed by atoms with Gasteiger partial charge >= 0.3 is 0 Å². The van der Waals surface area contributed by atoms with Gasteiger partial charge < -0.3 is 25.8 Å². The molecule has 0 aliphatic carbocycles. The van der Waals surface area contributed by atoms with Crippen LogP contribution in [-0.4, -0.2) is 69.8 Å². The minimum Gasteiger partial charge on any atom is -0.369 e. The van der Waals surface area contributed by atoms with Crippen LogP contribution < -0.4 is 26.4 Å². The average molecular weight is 518 g/mol. The van der Waals surface area contributed by atoms with Crippen LogP contribution in [0, 0.1) is 0 Å². The fourth-order valence-electron chi connectivity index (χ4n) is 4.15. The number of nitrogens with zero attached hydrogens (tertiary/aromatic N) is 6. The van der Waals surface area contributed by atoms with Gasteiger partial charge in [0.15, 0.2) is 5.82 Å². The van der Waals surface area contributed by atoms with E-state index in [4.69, 9.17) is 0 Å². The van der Waals surface area contributed by atoms with E-state index >= 15 is 0 Å². The lowest BCUT2D eigenvalue weighted by molar-refractivity contribution is 0.0958. The maximum atomic E-state index is 12.8. The molecule has 0 saturated carbocycles. The van der Waals surface area contributed by atoms with Crippen molar-refractivity contribution in [1.29, 1.82) is 0 Å². The summed E-state index contributed by atoms with van der Waals surface area (Å²) in [5.74, 6) is 0.599. The van der Waals surface area contributed by atoms with Crippen LogP contribution in [0.25, 0.3) is 0 Å². The molecule has 0 bridgehead atoms. The predicted molar refractivity (Wildman–Crippen MR) is 151 cm³/mol. The molecular formula is C27H35N9O2. The van der Waals surface area contributed by atoms with E-state index in [2.05, 4.69) is 66.5 Å². The second-order valence-electron chi connectivity index (χ2n) is 9.27. The zero-order chi connectivity index (χ0) is 27.1.